The standard InChI is InChI=1S/C13H19N3O2S/c1-9-2-3-11(18-9)13(17)15-10-4-6-16(7-5-10)8-12(14)19/h2-3,10H,4-8H2,1H3,(H2,14,19)(H,15,17). The lowest BCUT2D eigenvalue weighted by atomic mass is 10.0. The molecule has 1 fully saturated rings. The average Bonchev–Trinajstić information content (AvgIpc) is 2.78. The SMILES string of the molecule is Cc1ccc(C(=O)NC2CCN(CC(N)=S)CC2)o1. The quantitative estimate of drug-likeness (QED) is 0.808. The first-order valence-corrected chi connectivity index (χ1v) is 6.83. The second-order valence-corrected chi connectivity index (χ2v) is 5.42. The van der Waals surface area contributed by atoms with Crippen LogP contribution in [-0.4, -0.2) is 41.5 Å². The molecule has 1 aromatic heterocycles. The highest BCUT2D eigenvalue weighted by Crippen LogP contribution is 2.12. The van der Waals surface area contributed by atoms with Gasteiger partial charge in [0.05, 0.1) is 4.99 Å². The molecule has 1 aliphatic rings. The Bertz CT molecular complexity index is 464. The summed E-state index contributed by atoms with van der Waals surface area (Å²) in [4.78, 5) is 14.7. The number of furan rings is 1. The minimum absolute atomic E-state index is 0.138. The maximum atomic E-state index is 11.9. The van der Waals surface area contributed by atoms with Crippen molar-refractivity contribution in [2.45, 2.75) is 25.8 Å². The highest BCUT2D eigenvalue weighted by atomic mass is 32.1. The number of likely N-dealkylation sites (tertiary alicyclic amines) is 1. The molecular weight excluding hydrogens is 262 g/mol. The molecular formula is C13H19N3O2S. The molecule has 2 rings (SSSR count). The van der Waals surface area contributed by atoms with Crippen molar-refractivity contribution >= 4 is 23.1 Å². The van der Waals surface area contributed by atoms with Crippen LogP contribution in [0, 0.1) is 6.92 Å². The van der Waals surface area contributed by atoms with E-state index in [-0.39, 0.29) is 11.9 Å². The number of aryl methyl sites for hydroxylation is 1. The minimum Gasteiger partial charge on any atom is -0.456 e. The number of hydrogen-bond donors (Lipinski definition) is 2. The van der Waals surface area contributed by atoms with Gasteiger partial charge in [0.25, 0.3) is 5.91 Å². The molecule has 6 heteroatoms. The number of piperidine rings is 1. The first kappa shape index (κ1) is 14.0. The molecule has 0 bridgehead atoms. The zero-order valence-corrected chi connectivity index (χ0v) is 11.8. The number of amides is 1. The number of nitrogens with two attached hydrogens (primary N) is 1. The lowest BCUT2D eigenvalue weighted by Crippen LogP contribution is -2.46. The minimum atomic E-state index is -0.138. The van der Waals surface area contributed by atoms with Gasteiger partial charge in [-0.25, -0.2) is 0 Å². The van der Waals surface area contributed by atoms with Crippen molar-refractivity contribution in [2.75, 3.05) is 19.6 Å². The summed E-state index contributed by atoms with van der Waals surface area (Å²) in [5.74, 6) is 0.986. The van der Waals surface area contributed by atoms with Gasteiger partial charge >= 0.3 is 0 Å². The Kier molecular flexibility index (Phi) is 4.55. The number of nitrogens with one attached hydrogen (secondary N) is 1. The van der Waals surface area contributed by atoms with Crippen LogP contribution in [0.4, 0.5) is 0 Å². The fourth-order valence-electron chi connectivity index (χ4n) is 2.27. The van der Waals surface area contributed by atoms with E-state index in [0.717, 1.165) is 31.7 Å². The van der Waals surface area contributed by atoms with E-state index in [4.69, 9.17) is 22.4 Å². The van der Waals surface area contributed by atoms with Crippen LogP contribution in [0.15, 0.2) is 16.5 Å². The van der Waals surface area contributed by atoms with Gasteiger partial charge in [0.1, 0.15) is 5.76 Å². The summed E-state index contributed by atoms with van der Waals surface area (Å²) in [7, 11) is 0. The molecule has 104 valence electrons. The summed E-state index contributed by atoms with van der Waals surface area (Å²) >= 11 is 4.90. The van der Waals surface area contributed by atoms with Gasteiger partial charge in [0.2, 0.25) is 0 Å². The van der Waals surface area contributed by atoms with Gasteiger partial charge in [-0.05, 0) is 31.9 Å². The smallest absolute Gasteiger partial charge is 0.287 e. The van der Waals surface area contributed by atoms with Gasteiger partial charge in [-0.15, -0.1) is 0 Å². The zero-order valence-electron chi connectivity index (χ0n) is 11.0. The number of hydrogen-bond acceptors (Lipinski definition) is 4. The van der Waals surface area contributed by atoms with Crippen LogP contribution < -0.4 is 11.1 Å². The molecule has 19 heavy (non-hydrogen) atoms. The Hall–Kier alpha value is -1.40. The average molecular weight is 281 g/mol. The van der Waals surface area contributed by atoms with Crippen molar-refractivity contribution in [1.82, 2.24) is 10.2 Å². The van der Waals surface area contributed by atoms with E-state index in [2.05, 4.69) is 10.2 Å². The summed E-state index contributed by atoms with van der Waals surface area (Å²) < 4.78 is 5.30. The van der Waals surface area contributed by atoms with Crippen LogP contribution in [0.2, 0.25) is 0 Å². The van der Waals surface area contributed by atoms with E-state index in [9.17, 15) is 4.79 Å². The van der Waals surface area contributed by atoms with Gasteiger partial charge in [-0.3, -0.25) is 9.69 Å². The van der Waals surface area contributed by atoms with E-state index in [1.165, 1.54) is 0 Å². The van der Waals surface area contributed by atoms with Crippen molar-refractivity contribution in [3.63, 3.8) is 0 Å². The molecule has 1 amide bonds. The molecule has 0 aliphatic carbocycles. The fraction of sp³-hybridized carbons (Fsp3) is 0.538. The Morgan fingerprint density at radius 2 is 2.21 bits per heavy atom. The van der Waals surface area contributed by atoms with Crippen LogP contribution in [0.1, 0.15) is 29.2 Å². The second kappa shape index (κ2) is 6.16. The predicted molar refractivity (Wildman–Crippen MR) is 77.2 cm³/mol. The number of rotatable bonds is 4. The molecule has 2 heterocycles. The lowest BCUT2D eigenvalue weighted by molar-refractivity contribution is 0.0885. The lowest BCUT2D eigenvalue weighted by Gasteiger charge is -2.31. The largest absolute Gasteiger partial charge is 0.456 e. The number of nitrogens with zero attached hydrogens (tertiary/aromatic N) is 1. The first-order chi connectivity index (χ1) is 9.04. The molecule has 0 saturated carbocycles. The third kappa shape index (κ3) is 4.04. The molecule has 3 N–H and O–H groups in total. The van der Waals surface area contributed by atoms with Gasteiger partial charge in [-0.1, -0.05) is 12.2 Å². The number of thiocarbonyl (C=S) groups is 1. The van der Waals surface area contributed by atoms with E-state index in [1.54, 1.807) is 12.1 Å². The van der Waals surface area contributed by atoms with Gasteiger partial charge < -0.3 is 15.5 Å². The molecule has 0 atom stereocenters. The maximum Gasteiger partial charge on any atom is 0.287 e. The highest BCUT2D eigenvalue weighted by Gasteiger charge is 2.22. The molecule has 5 nitrogen and oxygen atoms in total. The Morgan fingerprint density at radius 3 is 2.74 bits per heavy atom. The second-order valence-electron chi connectivity index (χ2n) is 4.90. The maximum absolute atomic E-state index is 11.9. The van der Waals surface area contributed by atoms with Gasteiger partial charge in [0, 0.05) is 25.7 Å². The predicted octanol–water partition coefficient (Wildman–Crippen LogP) is 1.07. The summed E-state index contributed by atoms with van der Waals surface area (Å²) in [5.41, 5.74) is 5.52. The van der Waals surface area contributed by atoms with Gasteiger partial charge in [0.15, 0.2) is 5.76 Å². The molecule has 1 aliphatic heterocycles. The third-order valence-electron chi connectivity index (χ3n) is 3.27. The van der Waals surface area contributed by atoms with Crippen LogP contribution in [0.3, 0.4) is 0 Å². The summed E-state index contributed by atoms with van der Waals surface area (Å²) in [6.45, 7) is 4.29. The number of carbonyl (C=O) groups is 1. The monoisotopic (exact) mass is 281 g/mol. The van der Waals surface area contributed by atoms with Crippen molar-refractivity contribution in [3.8, 4) is 0 Å². The van der Waals surface area contributed by atoms with E-state index in [0.29, 0.717) is 17.3 Å². The molecule has 0 unspecified atom stereocenters. The molecule has 1 aromatic rings. The third-order valence-corrected chi connectivity index (χ3v) is 3.40. The molecule has 0 aromatic carbocycles. The summed E-state index contributed by atoms with van der Waals surface area (Å²) in [6, 6.07) is 3.69. The Labute approximate surface area is 118 Å². The van der Waals surface area contributed by atoms with E-state index >= 15 is 0 Å². The Morgan fingerprint density at radius 1 is 1.53 bits per heavy atom. The summed E-state index contributed by atoms with van der Waals surface area (Å²) in [5, 5.41) is 3.00. The van der Waals surface area contributed by atoms with Crippen molar-refractivity contribution < 1.29 is 9.21 Å². The highest BCUT2D eigenvalue weighted by molar-refractivity contribution is 7.80. The topological polar surface area (TPSA) is 71.5 Å². The molecule has 1 saturated heterocycles. The number of carbonyl (C=O) groups excluding carboxylic acids is 1. The molecule has 0 radical (unpaired) electrons. The summed E-state index contributed by atoms with van der Waals surface area (Å²) in [6.07, 6.45) is 1.82. The van der Waals surface area contributed by atoms with Crippen molar-refractivity contribution in [1.29, 1.82) is 0 Å². The van der Waals surface area contributed by atoms with E-state index in [1.807, 2.05) is 6.92 Å². The normalized spacial score (nSPS) is 17.3. The fourth-order valence-corrected chi connectivity index (χ4v) is 2.45. The molecule has 0 spiro atoms. The van der Waals surface area contributed by atoms with Crippen LogP contribution in [-0.2, 0) is 0 Å². The van der Waals surface area contributed by atoms with Gasteiger partial charge in [-0.2, -0.15) is 0 Å². The van der Waals surface area contributed by atoms with Crippen LogP contribution in [0.25, 0.3) is 0 Å². The van der Waals surface area contributed by atoms with Crippen LogP contribution >= 0.6 is 12.2 Å². The zero-order chi connectivity index (χ0) is 13.8. The van der Waals surface area contributed by atoms with Crippen molar-refractivity contribution in [2.24, 2.45) is 5.73 Å². The first-order valence-electron chi connectivity index (χ1n) is 6.42. The van der Waals surface area contributed by atoms with Crippen LogP contribution in [0.5, 0.6) is 0 Å². The Balaban J connectivity index is 1.79. The van der Waals surface area contributed by atoms with E-state index < -0.39 is 0 Å². The van der Waals surface area contributed by atoms with Crippen molar-refractivity contribution in [3.05, 3.63) is 23.7 Å².